The zero-order valence-electron chi connectivity index (χ0n) is 13.6. The molecule has 0 fully saturated rings. The first kappa shape index (κ1) is 16.2. The zero-order chi connectivity index (χ0) is 17.9. The molecule has 0 saturated carbocycles. The molecule has 0 atom stereocenters. The Labute approximate surface area is 152 Å². The topological polar surface area (TPSA) is 90.0 Å². The predicted molar refractivity (Wildman–Crippen MR) is 97.7 cm³/mol. The third kappa shape index (κ3) is 3.14. The van der Waals surface area contributed by atoms with Gasteiger partial charge in [0.05, 0.1) is 19.1 Å². The van der Waals surface area contributed by atoms with E-state index in [0.29, 0.717) is 21.7 Å². The number of fused-ring (bicyclic) bond motifs is 1. The molecule has 7 nitrogen and oxygen atoms in total. The Morgan fingerprint density at radius 3 is 2.81 bits per heavy atom. The van der Waals surface area contributed by atoms with E-state index in [1.807, 2.05) is 30.3 Å². The van der Waals surface area contributed by atoms with Crippen molar-refractivity contribution in [2.75, 3.05) is 0 Å². The number of furan rings is 1. The minimum atomic E-state index is -0.294. The maximum Gasteiger partial charge on any atom is 0.273 e. The lowest BCUT2D eigenvalue weighted by molar-refractivity contribution is -0.121. The number of rotatable bonds is 5. The number of carbonyl (C=O) groups excluding carboxylic acids is 1. The average molecular weight is 366 g/mol. The van der Waals surface area contributed by atoms with Gasteiger partial charge in [-0.05, 0) is 23.7 Å². The highest BCUT2D eigenvalue weighted by Gasteiger charge is 2.15. The summed E-state index contributed by atoms with van der Waals surface area (Å²) in [5.41, 5.74) is 1.86. The Morgan fingerprint density at radius 2 is 2.04 bits per heavy atom. The van der Waals surface area contributed by atoms with E-state index < -0.39 is 0 Å². The summed E-state index contributed by atoms with van der Waals surface area (Å²) in [5.74, 6) is 0.353. The van der Waals surface area contributed by atoms with Crippen LogP contribution in [0.1, 0.15) is 5.76 Å². The highest BCUT2D eigenvalue weighted by atomic mass is 32.1. The summed E-state index contributed by atoms with van der Waals surface area (Å²) in [5, 5.41) is 2.71. The number of hydrogen-bond acceptors (Lipinski definition) is 6. The van der Waals surface area contributed by atoms with Crippen LogP contribution < -0.4 is 10.9 Å². The molecule has 3 heterocycles. The molecule has 0 aliphatic heterocycles. The lowest BCUT2D eigenvalue weighted by Crippen LogP contribution is -2.31. The van der Waals surface area contributed by atoms with Crippen molar-refractivity contribution in [3.8, 4) is 11.3 Å². The lowest BCUT2D eigenvalue weighted by atomic mass is 10.1. The molecule has 0 aliphatic rings. The Bertz CT molecular complexity index is 1100. The fourth-order valence-electron chi connectivity index (χ4n) is 2.56. The summed E-state index contributed by atoms with van der Waals surface area (Å²) >= 11 is 1.10. The van der Waals surface area contributed by atoms with Crippen molar-refractivity contribution in [1.29, 1.82) is 0 Å². The van der Waals surface area contributed by atoms with Gasteiger partial charge in [-0.2, -0.15) is 4.37 Å². The van der Waals surface area contributed by atoms with E-state index in [0.717, 1.165) is 17.1 Å². The predicted octanol–water partition coefficient (Wildman–Crippen LogP) is 2.43. The largest absolute Gasteiger partial charge is 0.467 e. The minimum Gasteiger partial charge on any atom is -0.467 e. The van der Waals surface area contributed by atoms with Crippen LogP contribution in [0.2, 0.25) is 0 Å². The van der Waals surface area contributed by atoms with Crippen LogP contribution in [0.5, 0.6) is 0 Å². The van der Waals surface area contributed by atoms with Gasteiger partial charge in [-0.3, -0.25) is 14.2 Å². The molecule has 4 rings (SSSR count). The number of aromatic nitrogens is 3. The van der Waals surface area contributed by atoms with Gasteiger partial charge >= 0.3 is 0 Å². The van der Waals surface area contributed by atoms with Crippen LogP contribution in [0.4, 0.5) is 0 Å². The summed E-state index contributed by atoms with van der Waals surface area (Å²) in [6, 6.07) is 13.1. The monoisotopic (exact) mass is 366 g/mol. The van der Waals surface area contributed by atoms with Gasteiger partial charge in [0, 0.05) is 5.56 Å². The van der Waals surface area contributed by atoms with Gasteiger partial charge in [0.15, 0.2) is 0 Å². The molecule has 0 unspecified atom stereocenters. The molecule has 0 saturated heterocycles. The van der Waals surface area contributed by atoms with Crippen molar-refractivity contribution < 1.29 is 9.21 Å². The number of nitrogens with one attached hydrogen (secondary N) is 1. The van der Waals surface area contributed by atoms with E-state index in [9.17, 15) is 9.59 Å². The third-order valence-electron chi connectivity index (χ3n) is 3.85. The van der Waals surface area contributed by atoms with Crippen molar-refractivity contribution in [1.82, 2.24) is 19.2 Å². The number of amides is 1. The van der Waals surface area contributed by atoms with Crippen molar-refractivity contribution in [2.45, 2.75) is 13.1 Å². The SMILES string of the molecule is O=C(Cn1cnc2c(-c3ccccc3)nsc2c1=O)NCc1ccco1. The minimum absolute atomic E-state index is 0.110. The molecule has 1 N–H and O–H groups in total. The van der Waals surface area contributed by atoms with Crippen LogP contribution in [-0.4, -0.2) is 19.8 Å². The Morgan fingerprint density at radius 1 is 1.19 bits per heavy atom. The fraction of sp³-hybridized carbons (Fsp3) is 0.111. The molecule has 1 amide bonds. The highest BCUT2D eigenvalue weighted by molar-refractivity contribution is 7.13. The van der Waals surface area contributed by atoms with Gasteiger partial charge in [-0.15, -0.1) is 0 Å². The third-order valence-corrected chi connectivity index (χ3v) is 4.67. The molecular weight excluding hydrogens is 352 g/mol. The van der Waals surface area contributed by atoms with Crippen LogP contribution in [-0.2, 0) is 17.9 Å². The molecule has 4 aromatic rings. The van der Waals surface area contributed by atoms with Crippen molar-refractivity contribution >= 4 is 27.7 Å². The molecule has 0 bridgehead atoms. The van der Waals surface area contributed by atoms with E-state index >= 15 is 0 Å². The van der Waals surface area contributed by atoms with E-state index in [4.69, 9.17) is 4.42 Å². The van der Waals surface area contributed by atoms with Crippen LogP contribution in [0.3, 0.4) is 0 Å². The standard InChI is InChI=1S/C18H14N4O3S/c23-14(19-9-13-7-4-8-25-13)10-22-11-20-16-15(12-5-2-1-3-6-12)21-26-17(16)18(22)24/h1-8,11H,9-10H2,(H,19,23). The average Bonchev–Trinajstić information content (AvgIpc) is 3.33. The van der Waals surface area contributed by atoms with Gasteiger partial charge in [0.2, 0.25) is 5.91 Å². The van der Waals surface area contributed by atoms with Crippen molar-refractivity contribution in [3.63, 3.8) is 0 Å². The molecular formula is C18H14N4O3S. The van der Waals surface area contributed by atoms with Crippen LogP contribution in [0.15, 0.2) is 64.3 Å². The molecule has 0 spiro atoms. The van der Waals surface area contributed by atoms with Gasteiger partial charge in [-0.25, -0.2) is 4.98 Å². The van der Waals surface area contributed by atoms with Crippen molar-refractivity contribution in [2.24, 2.45) is 0 Å². The molecule has 26 heavy (non-hydrogen) atoms. The smallest absolute Gasteiger partial charge is 0.273 e. The number of nitrogens with zero attached hydrogens (tertiary/aromatic N) is 3. The van der Waals surface area contributed by atoms with Crippen molar-refractivity contribution in [3.05, 3.63) is 71.2 Å². The number of carbonyl (C=O) groups is 1. The first-order valence-electron chi connectivity index (χ1n) is 7.91. The maximum absolute atomic E-state index is 12.6. The normalized spacial score (nSPS) is 10.9. The summed E-state index contributed by atoms with van der Waals surface area (Å²) < 4.78 is 11.2. The lowest BCUT2D eigenvalue weighted by Gasteiger charge is -2.06. The van der Waals surface area contributed by atoms with E-state index in [1.54, 1.807) is 12.1 Å². The second-order valence-electron chi connectivity index (χ2n) is 5.61. The van der Waals surface area contributed by atoms with Crippen LogP contribution in [0.25, 0.3) is 21.5 Å². The van der Waals surface area contributed by atoms with Gasteiger partial charge in [-0.1, -0.05) is 30.3 Å². The first-order chi connectivity index (χ1) is 12.7. The van der Waals surface area contributed by atoms with Gasteiger partial charge in [0.1, 0.15) is 28.2 Å². The second kappa shape index (κ2) is 6.93. The maximum atomic E-state index is 12.6. The zero-order valence-corrected chi connectivity index (χ0v) is 14.4. The Balaban J connectivity index is 1.56. The molecule has 8 heteroatoms. The first-order valence-corrected chi connectivity index (χ1v) is 8.69. The second-order valence-corrected chi connectivity index (χ2v) is 6.38. The quantitative estimate of drug-likeness (QED) is 0.586. The van der Waals surface area contributed by atoms with E-state index in [1.165, 1.54) is 17.2 Å². The molecule has 1 aromatic carbocycles. The molecule has 0 radical (unpaired) electrons. The van der Waals surface area contributed by atoms with E-state index in [-0.39, 0.29) is 24.6 Å². The Hall–Kier alpha value is -3.26. The van der Waals surface area contributed by atoms with E-state index in [2.05, 4.69) is 14.7 Å². The van der Waals surface area contributed by atoms with Crippen LogP contribution >= 0.6 is 11.5 Å². The molecule has 3 aromatic heterocycles. The van der Waals surface area contributed by atoms with Crippen LogP contribution in [0, 0.1) is 0 Å². The highest BCUT2D eigenvalue weighted by Crippen LogP contribution is 2.26. The Kier molecular flexibility index (Phi) is 4.32. The number of benzene rings is 1. The summed E-state index contributed by atoms with van der Waals surface area (Å²) in [7, 11) is 0. The fourth-order valence-corrected chi connectivity index (χ4v) is 3.37. The van der Waals surface area contributed by atoms with Gasteiger partial charge < -0.3 is 9.73 Å². The summed E-state index contributed by atoms with van der Waals surface area (Å²) in [6.45, 7) is 0.163. The molecule has 130 valence electrons. The number of hydrogen-bond donors (Lipinski definition) is 1. The molecule has 0 aliphatic carbocycles. The van der Waals surface area contributed by atoms with Gasteiger partial charge in [0.25, 0.3) is 5.56 Å². The summed E-state index contributed by atoms with van der Waals surface area (Å²) in [6.07, 6.45) is 2.93. The summed E-state index contributed by atoms with van der Waals surface area (Å²) in [4.78, 5) is 29.1.